The van der Waals surface area contributed by atoms with Gasteiger partial charge in [0.25, 0.3) is 0 Å². The fourth-order valence-electron chi connectivity index (χ4n) is 10.5. The van der Waals surface area contributed by atoms with Crippen molar-refractivity contribution in [3.05, 3.63) is 0 Å². The lowest BCUT2D eigenvalue weighted by molar-refractivity contribution is -0.161. The number of phosphoric acid groups is 2. The molecule has 0 fully saturated rings. The van der Waals surface area contributed by atoms with Gasteiger partial charge in [-0.3, -0.25) is 37.3 Å². The van der Waals surface area contributed by atoms with E-state index in [9.17, 15) is 43.2 Å². The number of unbranched alkanes of at least 4 members (excludes halogenated alkanes) is 33. The maximum atomic E-state index is 13.0. The predicted molar refractivity (Wildman–Crippen MR) is 358 cm³/mol. The monoisotopic (exact) mass is 1310 g/mol. The molecule has 89 heavy (non-hydrogen) atoms. The molecular weight excluding hydrogens is 1170 g/mol. The molecule has 0 aliphatic heterocycles. The van der Waals surface area contributed by atoms with Gasteiger partial charge < -0.3 is 33.8 Å². The van der Waals surface area contributed by atoms with Gasteiger partial charge in [0.2, 0.25) is 0 Å². The molecule has 0 amide bonds. The smallest absolute Gasteiger partial charge is 0.462 e. The fraction of sp³-hybridized carbons (Fsp3) is 0.943. The van der Waals surface area contributed by atoms with Gasteiger partial charge in [-0.1, -0.05) is 293 Å². The van der Waals surface area contributed by atoms with Crippen molar-refractivity contribution in [1.29, 1.82) is 0 Å². The number of aliphatic hydroxyl groups is 1. The third-order valence-corrected chi connectivity index (χ3v) is 18.0. The second kappa shape index (κ2) is 59.8. The first kappa shape index (κ1) is 87.1. The van der Waals surface area contributed by atoms with Crippen LogP contribution in [-0.4, -0.2) is 96.7 Å². The van der Waals surface area contributed by atoms with Crippen LogP contribution in [0.3, 0.4) is 0 Å². The van der Waals surface area contributed by atoms with Crippen LogP contribution in [0.5, 0.6) is 0 Å². The Morgan fingerprint density at radius 2 is 0.472 bits per heavy atom. The molecule has 19 heteroatoms. The zero-order valence-corrected chi connectivity index (χ0v) is 59.8. The quantitative estimate of drug-likeness (QED) is 0.0222. The molecule has 17 nitrogen and oxygen atoms in total. The highest BCUT2D eigenvalue weighted by Gasteiger charge is 2.30. The minimum atomic E-state index is -4.95. The maximum absolute atomic E-state index is 13.0. The second-order valence-corrected chi connectivity index (χ2v) is 30.1. The van der Waals surface area contributed by atoms with Crippen LogP contribution in [0.25, 0.3) is 0 Å². The van der Waals surface area contributed by atoms with Gasteiger partial charge in [-0.2, -0.15) is 0 Å². The third kappa shape index (κ3) is 64.6. The first-order valence-electron chi connectivity index (χ1n) is 36.2. The van der Waals surface area contributed by atoms with Gasteiger partial charge in [-0.25, -0.2) is 9.13 Å². The van der Waals surface area contributed by atoms with E-state index >= 15 is 0 Å². The lowest BCUT2D eigenvalue weighted by Crippen LogP contribution is -2.30. The van der Waals surface area contributed by atoms with Crippen molar-refractivity contribution in [2.24, 2.45) is 23.7 Å². The Morgan fingerprint density at radius 1 is 0.281 bits per heavy atom. The highest BCUT2D eigenvalue weighted by molar-refractivity contribution is 7.47. The summed E-state index contributed by atoms with van der Waals surface area (Å²) in [6.45, 7) is 14.0. The lowest BCUT2D eigenvalue weighted by Gasteiger charge is -2.21. The Balaban J connectivity index is 5.21. The van der Waals surface area contributed by atoms with Crippen molar-refractivity contribution in [3.63, 3.8) is 0 Å². The maximum Gasteiger partial charge on any atom is 0.472 e. The van der Waals surface area contributed by atoms with Crippen molar-refractivity contribution in [1.82, 2.24) is 0 Å². The lowest BCUT2D eigenvalue weighted by atomic mass is 10.0. The summed E-state index contributed by atoms with van der Waals surface area (Å²) in [5.41, 5.74) is 0. The van der Waals surface area contributed by atoms with Crippen LogP contribution in [0.1, 0.15) is 344 Å². The molecule has 528 valence electrons. The Bertz CT molecular complexity index is 1760. The van der Waals surface area contributed by atoms with Gasteiger partial charge in [-0.15, -0.1) is 0 Å². The van der Waals surface area contributed by atoms with Gasteiger partial charge in [0.05, 0.1) is 26.4 Å². The molecule has 0 saturated heterocycles. The molecule has 3 N–H and O–H groups in total. The highest BCUT2D eigenvalue weighted by Crippen LogP contribution is 2.45. The summed E-state index contributed by atoms with van der Waals surface area (Å²) in [6, 6.07) is 0. The Hall–Kier alpha value is -1.94. The van der Waals surface area contributed by atoms with Crippen molar-refractivity contribution in [2.75, 3.05) is 39.6 Å². The van der Waals surface area contributed by atoms with E-state index in [-0.39, 0.29) is 25.7 Å². The number of esters is 4. The minimum absolute atomic E-state index is 0.103. The molecule has 0 radical (unpaired) electrons. The normalized spacial score (nSPS) is 14.3. The van der Waals surface area contributed by atoms with Crippen molar-refractivity contribution >= 4 is 39.5 Å². The summed E-state index contributed by atoms with van der Waals surface area (Å²) in [5.74, 6) is 0.799. The summed E-state index contributed by atoms with van der Waals surface area (Å²) in [6.07, 6.45) is 41.9. The third-order valence-electron chi connectivity index (χ3n) is 16.1. The van der Waals surface area contributed by atoms with Crippen LogP contribution >= 0.6 is 15.6 Å². The van der Waals surface area contributed by atoms with E-state index in [0.717, 1.165) is 108 Å². The van der Waals surface area contributed by atoms with Crippen LogP contribution in [0, 0.1) is 23.7 Å². The average Bonchev–Trinajstić information content (AvgIpc) is 3.66. The van der Waals surface area contributed by atoms with E-state index in [0.29, 0.717) is 37.5 Å². The largest absolute Gasteiger partial charge is 0.472 e. The van der Waals surface area contributed by atoms with Gasteiger partial charge in [-0.05, 0) is 49.4 Å². The highest BCUT2D eigenvalue weighted by atomic mass is 31.2. The van der Waals surface area contributed by atoms with E-state index in [2.05, 4.69) is 55.4 Å². The Morgan fingerprint density at radius 3 is 0.697 bits per heavy atom. The van der Waals surface area contributed by atoms with Gasteiger partial charge >= 0.3 is 39.5 Å². The van der Waals surface area contributed by atoms with E-state index in [4.69, 9.17) is 37.0 Å². The summed E-state index contributed by atoms with van der Waals surface area (Å²) in [4.78, 5) is 72.5. The van der Waals surface area contributed by atoms with E-state index in [1.54, 1.807) is 0 Å². The van der Waals surface area contributed by atoms with E-state index < -0.39 is 97.5 Å². The van der Waals surface area contributed by atoms with Crippen LogP contribution in [0.15, 0.2) is 0 Å². The standard InChI is InChI=1S/C70H136O17P2/c1-60(2)46-38-30-22-17-13-10-9-11-15-19-25-34-42-50-67(72)80-56-65(87-70(75)53-45-37-27-21-24-32-40-48-62(5)6)58-84-88(76,77)82-54-64(71)55-83-89(78,79)85-59-66(57-81-68(73)51-43-35-29-28-33-41-49-63(7)8)86-69(74)52-44-36-26-20-16-12-14-18-23-31-39-47-61(3)4/h60-66,71H,9-59H2,1-8H3,(H,76,77)(H,78,79)/t64-,65-,66-/m1/s1. The first-order chi connectivity index (χ1) is 42.6. The van der Waals surface area contributed by atoms with Crippen LogP contribution in [-0.2, 0) is 65.4 Å². The van der Waals surface area contributed by atoms with Crippen LogP contribution in [0.2, 0.25) is 0 Å². The molecule has 0 rings (SSSR count). The van der Waals surface area contributed by atoms with E-state index in [1.165, 1.54) is 141 Å². The van der Waals surface area contributed by atoms with Gasteiger partial charge in [0.15, 0.2) is 12.2 Å². The molecule has 0 heterocycles. The van der Waals surface area contributed by atoms with Crippen molar-refractivity contribution in [2.45, 2.75) is 363 Å². The summed E-state index contributed by atoms with van der Waals surface area (Å²) < 4.78 is 68.2. The topological polar surface area (TPSA) is 237 Å². The van der Waals surface area contributed by atoms with Gasteiger partial charge in [0.1, 0.15) is 19.3 Å². The molecule has 5 atom stereocenters. The minimum Gasteiger partial charge on any atom is -0.462 e. The summed E-state index contributed by atoms with van der Waals surface area (Å²) in [5, 5.41) is 10.6. The van der Waals surface area contributed by atoms with Gasteiger partial charge in [0, 0.05) is 25.7 Å². The fourth-order valence-corrected chi connectivity index (χ4v) is 12.1. The zero-order chi connectivity index (χ0) is 66.1. The number of rotatable bonds is 67. The molecule has 0 bridgehead atoms. The zero-order valence-electron chi connectivity index (χ0n) is 58.1. The molecule has 2 unspecified atom stereocenters. The Labute approximate surface area is 543 Å². The number of hydrogen-bond donors (Lipinski definition) is 3. The number of carbonyl (C=O) groups excluding carboxylic acids is 4. The van der Waals surface area contributed by atoms with Crippen LogP contribution in [0.4, 0.5) is 0 Å². The average molecular weight is 1310 g/mol. The summed E-state index contributed by atoms with van der Waals surface area (Å²) >= 11 is 0. The molecule has 0 saturated carbocycles. The molecule has 0 aromatic rings. The molecule has 0 aliphatic rings. The van der Waals surface area contributed by atoms with Crippen molar-refractivity contribution < 1.29 is 80.2 Å². The molecule has 0 aromatic heterocycles. The predicted octanol–water partition coefficient (Wildman–Crippen LogP) is 19.7. The Kier molecular flexibility index (Phi) is 58.5. The number of hydrogen-bond acceptors (Lipinski definition) is 15. The van der Waals surface area contributed by atoms with Crippen LogP contribution < -0.4 is 0 Å². The SMILES string of the molecule is CC(C)CCCCCCCCCCCCCCCC(=O)OC[C@H](COP(=O)(O)OC[C@@H](O)COP(=O)(O)OC[C@@H](COC(=O)CCCCCCCCC(C)C)OC(=O)CCCCCCCCCCCCCC(C)C)OC(=O)CCCCCCCCCC(C)C. The number of ether oxygens (including phenoxy) is 4. The van der Waals surface area contributed by atoms with E-state index in [1.807, 2.05) is 0 Å². The second-order valence-electron chi connectivity index (χ2n) is 27.2. The van der Waals surface area contributed by atoms with Crippen molar-refractivity contribution in [3.8, 4) is 0 Å². The summed E-state index contributed by atoms with van der Waals surface area (Å²) in [7, 11) is -9.90. The molecular formula is C70H136O17P2. The first-order valence-corrected chi connectivity index (χ1v) is 39.2. The molecule has 0 spiro atoms. The molecule has 0 aromatic carbocycles. The molecule has 0 aliphatic carbocycles. The number of aliphatic hydroxyl groups excluding tert-OH is 1. The number of carbonyl (C=O) groups is 4. The number of phosphoric ester groups is 2.